The summed E-state index contributed by atoms with van der Waals surface area (Å²) in [4.78, 5) is 37.9. The first kappa shape index (κ1) is 19.1. The Bertz CT molecular complexity index is 1080. The van der Waals surface area contributed by atoms with Crippen molar-refractivity contribution in [1.29, 1.82) is 0 Å². The maximum Gasteiger partial charge on any atom is 0.244 e. The first-order valence-corrected chi connectivity index (χ1v) is 8.60. The third-order valence-corrected chi connectivity index (χ3v) is 4.21. The van der Waals surface area contributed by atoms with Gasteiger partial charge in [0.05, 0.1) is 25.4 Å². The van der Waals surface area contributed by atoms with Gasteiger partial charge in [0.25, 0.3) is 0 Å². The monoisotopic (exact) mass is 380 g/mol. The molecule has 3 rings (SSSR count). The standard InChI is InChI=1S/C20H20N4O4/c1-23(12-19(26)22-14-6-5-7-15(10-14)28-2)20(27)13-24-17-9-4-3-8-16(17)18(25)11-21-24/h3-11H,12-13H2,1-2H3,(H,22,26). The lowest BCUT2D eigenvalue weighted by Gasteiger charge is -2.18. The van der Waals surface area contributed by atoms with Gasteiger partial charge in [0.2, 0.25) is 17.2 Å². The Kier molecular flexibility index (Phi) is 5.69. The quantitative estimate of drug-likeness (QED) is 0.700. The molecule has 28 heavy (non-hydrogen) atoms. The molecule has 0 bridgehead atoms. The van der Waals surface area contributed by atoms with E-state index in [4.69, 9.17) is 4.74 Å². The fraction of sp³-hybridized carbons (Fsp3) is 0.200. The average Bonchev–Trinajstić information content (AvgIpc) is 2.70. The number of methoxy groups -OCH3 is 1. The number of aromatic nitrogens is 2. The van der Waals surface area contributed by atoms with E-state index >= 15 is 0 Å². The first-order valence-electron chi connectivity index (χ1n) is 8.60. The summed E-state index contributed by atoms with van der Waals surface area (Å²) in [6.45, 7) is -0.197. The topological polar surface area (TPSA) is 93.5 Å². The van der Waals surface area contributed by atoms with E-state index in [9.17, 15) is 14.4 Å². The number of rotatable bonds is 6. The Morgan fingerprint density at radius 2 is 1.96 bits per heavy atom. The highest BCUT2D eigenvalue weighted by Gasteiger charge is 2.15. The highest BCUT2D eigenvalue weighted by Crippen LogP contribution is 2.16. The smallest absolute Gasteiger partial charge is 0.244 e. The van der Waals surface area contributed by atoms with Crippen molar-refractivity contribution in [3.05, 3.63) is 65.0 Å². The summed E-state index contributed by atoms with van der Waals surface area (Å²) in [7, 11) is 3.08. The minimum absolute atomic E-state index is 0.0796. The van der Waals surface area contributed by atoms with Crippen LogP contribution >= 0.6 is 0 Å². The molecule has 2 amide bonds. The number of ether oxygens (including phenoxy) is 1. The van der Waals surface area contributed by atoms with Crippen LogP contribution in [0, 0.1) is 0 Å². The third kappa shape index (κ3) is 4.35. The Morgan fingerprint density at radius 3 is 2.75 bits per heavy atom. The first-order chi connectivity index (χ1) is 13.5. The summed E-state index contributed by atoms with van der Waals surface area (Å²) in [6, 6.07) is 13.9. The van der Waals surface area contributed by atoms with Crippen molar-refractivity contribution in [2.45, 2.75) is 6.54 Å². The maximum atomic E-state index is 12.5. The summed E-state index contributed by atoms with van der Waals surface area (Å²) < 4.78 is 6.57. The molecule has 0 spiro atoms. The number of carbonyl (C=O) groups excluding carboxylic acids is 2. The zero-order valence-corrected chi connectivity index (χ0v) is 15.6. The molecule has 1 heterocycles. The lowest BCUT2D eigenvalue weighted by atomic mass is 10.2. The van der Waals surface area contributed by atoms with Crippen LogP contribution in [0.2, 0.25) is 0 Å². The predicted octanol–water partition coefficient (Wildman–Crippen LogP) is 1.50. The van der Waals surface area contributed by atoms with Crippen LogP contribution in [0.1, 0.15) is 0 Å². The summed E-state index contributed by atoms with van der Waals surface area (Å²) in [5.41, 5.74) is 0.946. The van der Waals surface area contributed by atoms with Gasteiger partial charge < -0.3 is 15.0 Å². The average molecular weight is 380 g/mol. The second kappa shape index (κ2) is 8.34. The molecule has 3 aromatic rings. The number of fused-ring (bicyclic) bond motifs is 1. The van der Waals surface area contributed by atoms with Gasteiger partial charge in [0.15, 0.2) is 0 Å². The molecule has 2 aromatic carbocycles. The van der Waals surface area contributed by atoms with E-state index in [1.165, 1.54) is 22.8 Å². The van der Waals surface area contributed by atoms with E-state index < -0.39 is 0 Å². The summed E-state index contributed by atoms with van der Waals surface area (Å²) in [5, 5.41) is 7.25. The molecule has 144 valence electrons. The van der Waals surface area contributed by atoms with Crippen LogP contribution in [0.5, 0.6) is 5.75 Å². The summed E-state index contributed by atoms with van der Waals surface area (Å²) in [5.74, 6) is -0.0117. The fourth-order valence-electron chi connectivity index (χ4n) is 2.74. The molecule has 0 unspecified atom stereocenters. The van der Waals surface area contributed by atoms with Crippen molar-refractivity contribution in [2.75, 3.05) is 26.0 Å². The van der Waals surface area contributed by atoms with Gasteiger partial charge in [0, 0.05) is 24.2 Å². The van der Waals surface area contributed by atoms with Gasteiger partial charge in [-0.2, -0.15) is 5.10 Å². The van der Waals surface area contributed by atoms with Crippen LogP contribution < -0.4 is 15.5 Å². The van der Waals surface area contributed by atoms with Crippen LogP contribution in [0.4, 0.5) is 5.69 Å². The normalized spacial score (nSPS) is 10.5. The van der Waals surface area contributed by atoms with E-state index in [0.29, 0.717) is 22.3 Å². The Hall–Kier alpha value is -3.68. The van der Waals surface area contributed by atoms with Crippen molar-refractivity contribution in [2.24, 2.45) is 0 Å². The molecule has 0 fully saturated rings. The van der Waals surface area contributed by atoms with Gasteiger partial charge >= 0.3 is 0 Å². The van der Waals surface area contributed by atoms with Crippen molar-refractivity contribution < 1.29 is 14.3 Å². The number of anilines is 1. The number of amides is 2. The third-order valence-electron chi connectivity index (χ3n) is 4.21. The molecule has 0 saturated heterocycles. The summed E-state index contributed by atoms with van der Waals surface area (Å²) in [6.07, 6.45) is 1.19. The Labute approximate surface area is 161 Å². The lowest BCUT2D eigenvalue weighted by Crippen LogP contribution is -2.37. The number of para-hydroxylation sites is 1. The summed E-state index contributed by atoms with van der Waals surface area (Å²) >= 11 is 0. The lowest BCUT2D eigenvalue weighted by molar-refractivity contribution is -0.133. The minimum Gasteiger partial charge on any atom is -0.497 e. The van der Waals surface area contributed by atoms with Gasteiger partial charge in [-0.1, -0.05) is 18.2 Å². The van der Waals surface area contributed by atoms with Gasteiger partial charge in [-0.3, -0.25) is 19.1 Å². The second-order valence-electron chi connectivity index (χ2n) is 6.21. The Balaban J connectivity index is 1.65. The van der Waals surface area contributed by atoms with E-state index in [0.717, 1.165) is 0 Å². The second-order valence-corrected chi connectivity index (χ2v) is 6.21. The molecule has 8 nitrogen and oxygen atoms in total. The van der Waals surface area contributed by atoms with Crippen LogP contribution in [0.25, 0.3) is 10.9 Å². The zero-order valence-electron chi connectivity index (χ0n) is 15.6. The zero-order chi connectivity index (χ0) is 20.1. The van der Waals surface area contributed by atoms with Crippen LogP contribution in [0.15, 0.2) is 59.5 Å². The number of benzene rings is 2. The van der Waals surface area contributed by atoms with Gasteiger partial charge in [0.1, 0.15) is 12.3 Å². The van der Waals surface area contributed by atoms with Crippen molar-refractivity contribution >= 4 is 28.4 Å². The van der Waals surface area contributed by atoms with Crippen molar-refractivity contribution in [1.82, 2.24) is 14.7 Å². The molecule has 8 heteroatoms. The van der Waals surface area contributed by atoms with E-state index in [2.05, 4.69) is 10.4 Å². The van der Waals surface area contributed by atoms with E-state index in [-0.39, 0.29) is 30.3 Å². The molecule has 0 aliphatic rings. The van der Waals surface area contributed by atoms with Gasteiger partial charge in [-0.15, -0.1) is 0 Å². The highest BCUT2D eigenvalue weighted by atomic mass is 16.5. The minimum atomic E-state index is -0.332. The molecule has 0 saturated carbocycles. The molecule has 1 N–H and O–H groups in total. The molecule has 0 radical (unpaired) electrons. The SMILES string of the molecule is COc1cccc(NC(=O)CN(C)C(=O)Cn2ncc(=O)c3ccccc32)c1. The fourth-order valence-corrected chi connectivity index (χ4v) is 2.74. The number of hydrogen-bond donors (Lipinski definition) is 1. The van der Waals surface area contributed by atoms with Crippen LogP contribution in [-0.2, 0) is 16.1 Å². The largest absolute Gasteiger partial charge is 0.497 e. The van der Waals surface area contributed by atoms with Crippen LogP contribution in [-0.4, -0.2) is 47.2 Å². The maximum absolute atomic E-state index is 12.5. The van der Waals surface area contributed by atoms with E-state index in [1.54, 1.807) is 55.6 Å². The van der Waals surface area contributed by atoms with Crippen molar-refractivity contribution in [3.8, 4) is 5.75 Å². The number of hydrogen-bond acceptors (Lipinski definition) is 5. The van der Waals surface area contributed by atoms with Crippen LogP contribution in [0.3, 0.4) is 0 Å². The molecule has 0 atom stereocenters. The van der Waals surface area contributed by atoms with Crippen molar-refractivity contribution in [3.63, 3.8) is 0 Å². The Morgan fingerprint density at radius 1 is 1.18 bits per heavy atom. The molecule has 0 aliphatic carbocycles. The number of carbonyl (C=O) groups is 2. The van der Waals surface area contributed by atoms with Gasteiger partial charge in [-0.25, -0.2) is 0 Å². The number of nitrogens with one attached hydrogen (secondary N) is 1. The number of nitrogens with zero attached hydrogens (tertiary/aromatic N) is 3. The van der Waals surface area contributed by atoms with Gasteiger partial charge in [-0.05, 0) is 24.3 Å². The number of likely N-dealkylation sites (N-methyl/N-ethyl adjacent to an activating group) is 1. The molecule has 1 aromatic heterocycles. The van der Waals surface area contributed by atoms with E-state index in [1.807, 2.05) is 0 Å². The highest BCUT2D eigenvalue weighted by molar-refractivity contribution is 5.94. The molecular weight excluding hydrogens is 360 g/mol. The molecule has 0 aliphatic heterocycles. The predicted molar refractivity (Wildman–Crippen MR) is 105 cm³/mol. The molecular formula is C20H20N4O4.